The maximum Gasteiger partial charge on any atom is 0.131 e. The standard InChI is InChI=1S/C8H9BrN2/c9-3-6-4-10-8(11-5-6)7-1-2-7/h4-5,7H,1-3H2. The van der Waals surface area contributed by atoms with Crippen molar-refractivity contribution in [3.05, 3.63) is 23.8 Å². The maximum absolute atomic E-state index is 4.27. The summed E-state index contributed by atoms with van der Waals surface area (Å²) in [4.78, 5) is 8.54. The Morgan fingerprint density at radius 2 is 2.00 bits per heavy atom. The lowest BCUT2D eigenvalue weighted by Gasteiger charge is -1.96. The summed E-state index contributed by atoms with van der Waals surface area (Å²) in [6.07, 6.45) is 6.34. The van der Waals surface area contributed by atoms with Crippen LogP contribution in [0.5, 0.6) is 0 Å². The largest absolute Gasteiger partial charge is 0.241 e. The fourth-order valence-corrected chi connectivity index (χ4v) is 1.28. The Bertz CT molecular complexity index is 241. The predicted octanol–water partition coefficient (Wildman–Crippen LogP) is 2.25. The summed E-state index contributed by atoms with van der Waals surface area (Å²) in [6.45, 7) is 0. The van der Waals surface area contributed by atoms with Crippen LogP contribution in [0.25, 0.3) is 0 Å². The van der Waals surface area contributed by atoms with Gasteiger partial charge in [-0.2, -0.15) is 0 Å². The van der Waals surface area contributed by atoms with Crippen molar-refractivity contribution in [2.45, 2.75) is 24.1 Å². The molecule has 1 aliphatic carbocycles. The molecule has 1 aromatic rings. The SMILES string of the molecule is BrCc1cnc(C2CC2)nc1. The molecule has 11 heavy (non-hydrogen) atoms. The molecule has 58 valence electrons. The van der Waals surface area contributed by atoms with Gasteiger partial charge in [0.25, 0.3) is 0 Å². The molecule has 2 rings (SSSR count). The minimum atomic E-state index is 0.666. The van der Waals surface area contributed by atoms with Crippen molar-refractivity contribution >= 4 is 15.9 Å². The van der Waals surface area contributed by atoms with Crippen LogP contribution < -0.4 is 0 Å². The Morgan fingerprint density at radius 1 is 1.36 bits per heavy atom. The highest BCUT2D eigenvalue weighted by Crippen LogP contribution is 2.37. The average molecular weight is 213 g/mol. The summed E-state index contributed by atoms with van der Waals surface area (Å²) in [6, 6.07) is 0. The Kier molecular flexibility index (Phi) is 1.90. The molecule has 0 radical (unpaired) electrons. The summed E-state index contributed by atoms with van der Waals surface area (Å²) in [5.74, 6) is 1.69. The van der Waals surface area contributed by atoms with Crippen molar-refractivity contribution in [2.24, 2.45) is 0 Å². The van der Waals surface area contributed by atoms with Gasteiger partial charge in [0.15, 0.2) is 0 Å². The third-order valence-corrected chi connectivity index (χ3v) is 2.47. The molecule has 0 aromatic carbocycles. The third kappa shape index (κ3) is 1.59. The van der Waals surface area contributed by atoms with E-state index < -0.39 is 0 Å². The molecule has 1 heterocycles. The molecular formula is C8H9BrN2. The fraction of sp³-hybridized carbons (Fsp3) is 0.500. The lowest BCUT2D eigenvalue weighted by molar-refractivity contribution is 0.916. The second kappa shape index (κ2) is 2.89. The minimum Gasteiger partial charge on any atom is -0.241 e. The molecule has 2 nitrogen and oxygen atoms in total. The summed E-state index contributed by atoms with van der Waals surface area (Å²) >= 11 is 3.35. The van der Waals surface area contributed by atoms with Gasteiger partial charge >= 0.3 is 0 Å². The van der Waals surface area contributed by atoms with Crippen LogP contribution in [0.3, 0.4) is 0 Å². The third-order valence-electron chi connectivity index (χ3n) is 1.82. The molecule has 0 amide bonds. The molecule has 1 aliphatic rings. The van der Waals surface area contributed by atoms with Crippen LogP contribution in [0.4, 0.5) is 0 Å². The Labute approximate surface area is 74.2 Å². The van der Waals surface area contributed by atoms with Crippen molar-refractivity contribution in [3.63, 3.8) is 0 Å². The van der Waals surface area contributed by atoms with E-state index in [1.165, 1.54) is 12.8 Å². The highest BCUT2D eigenvalue weighted by molar-refractivity contribution is 9.08. The predicted molar refractivity (Wildman–Crippen MR) is 46.6 cm³/mol. The quantitative estimate of drug-likeness (QED) is 0.704. The number of aromatic nitrogens is 2. The Hall–Kier alpha value is -0.440. The van der Waals surface area contributed by atoms with E-state index in [4.69, 9.17) is 0 Å². The van der Waals surface area contributed by atoms with Crippen LogP contribution in [0.2, 0.25) is 0 Å². The highest BCUT2D eigenvalue weighted by Gasteiger charge is 2.25. The molecule has 0 aliphatic heterocycles. The average Bonchev–Trinajstić information content (AvgIpc) is 2.87. The van der Waals surface area contributed by atoms with E-state index in [0.717, 1.165) is 16.7 Å². The zero-order valence-electron chi connectivity index (χ0n) is 6.13. The molecule has 0 atom stereocenters. The number of hydrogen-bond donors (Lipinski definition) is 0. The summed E-state index contributed by atoms with van der Waals surface area (Å²) in [7, 11) is 0. The first-order chi connectivity index (χ1) is 5.40. The van der Waals surface area contributed by atoms with Crippen LogP contribution in [-0.2, 0) is 5.33 Å². The summed E-state index contributed by atoms with van der Waals surface area (Å²) in [5.41, 5.74) is 1.15. The minimum absolute atomic E-state index is 0.666. The number of nitrogens with zero attached hydrogens (tertiary/aromatic N) is 2. The second-order valence-electron chi connectivity index (χ2n) is 2.86. The van der Waals surface area contributed by atoms with E-state index in [1.54, 1.807) is 0 Å². The van der Waals surface area contributed by atoms with Gasteiger partial charge in [-0.15, -0.1) is 0 Å². The van der Waals surface area contributed by atoms with Crippen molar-refractivity contribution in [1.82, 2.24) is 9.97 Å². The first-order valence-corrected chi connectivity index (χ1v) is 4.89. The van der Waals surface area contributed by atoms with Crippen LogP contribution >= 0.6 is 15.9 Å². The van der Waals surface area contributed by atoms with Gasteiger partial charge in [-0.05, 0) is 18.4 Å². The van der Waals surface area contributed by atoms with E-state index in [0.29, 0.717) is 5.92 Å². The van der Waals surface area contributed by atoms with Gasteiger partial charge in [-0.25, -0.2) is 9.97 Å². The van der Waals surface area contributed by atoms with Gasteiger partial charge in [0.1, 0.15) is 5.82 Å². The molecule has 0 bridgehead atoms. The number of hydrogen-bond acceptors (Lipinski definition) is 2. The highest BCUT2D eigenvalue weighted by atomic mass is 79.9. The van der Waals surface area contributed by atoms with Crippen molar-refractivity contribution in [3.8, 4) is 0 Å². The molecule has 3 heteroatoms. The normalized spacial score (nSPS) is 16.8. The Morgan fingerprint density at radius 3 is 2.45 bits per heavy atom. The fourth-order valence-electron chi connectivity index (χ4n) is 0.986. The van der Waals surface area contributed by atoms with Crippen LogP contribution in [-0.4, -0.2) is 9.97 Å². The van der Waals surface area contributed by atoms with Gasteiger partial charge in [-0.1, -0.05) is 15.9 Å². The van der Waals surface area contributed by atoms with E-state index in [2.05, 4.69) is 25.9 Å². The molecule has 1 saturated carbocycles. The van der Waals surface area contributed by atoms with Gasteiger partial charge in [0.2, 0.25) is 0 Å². The zero-order chi connectivity index (χ0) is 7.68. The summed E-state index contributed by atoms with van der Waals surface area (Å²) in [5, 5.41) is 0.845. The molecule has 0 unspecified atom stereocenters. The lowest BCUT2D eigenvalue weighted by Crippen LogP contribution is -1.92. The van der Waals surface area contributed by atoms with Crippen LogP contribution in [0.1, 0.15) is 30.1 Å². The molecule has 1 fully saturated rings. The molecule has 0 N–H and O–H groups in total. The first-order valence-electron chi connectivity index (χ1n) is 3.77. The molecule has 0 saturated heterocycles. The van der Waals surface area contributed by atoms with Crippen LogP contribution in [0.15, 0.2) is 12.4 Å². The monoisotopic (exact) mass is 212 g/mol. The van der Waals surface area contributed by atoms with Gasteiger partial charge in [0.05, 0.1) is 0 Å². The van der Waals surface area contributed by atoms with Crippen molar-refractivity contribution < 1.29 is 0 Å². The van der Waals surface area contributed by atoms with E-state index in [1.807, 2.05) is 12.4 Å². The number of alkyl halides is 1. The van der Waals surface area contributed by atoms with Gasteiger partial charge < -0.3 is 0 Å². The van der Waals surface area contributed by atoms with E-state index in [-0.39, 0.29) is 0 Å². The van der Waals surface area contributed by atoms with Gasteiger partial charge in [0, 0.05) is 23.6 Å². The van der Waals surface area contributed by atoms with Crippen molar-refractivity contribution in [1.29, 1.82) is 0 Å². The molecule has 0 spiro atoms. The van der Waals surface area contributed by atoms with E-state index in [9.17, 15) is 0 Å². The van der Waals surface area contributed by atoms with E-state index >= 15 is 0 Å². The number of halogens is 1. The first kappa shape index (κ1) is 7.22. The molecule has 1 aromatic heterocycles. The van der Waals surface area contributed by atoms with Crippen LogP contribution in [0, 0.1) is 0 Å². The topological polar surface area (TPSA) is 25.8 Å². The summed E-state index contributed by atoms with van der Waals surface area (Å²) < 4.78 is 0. The number of rotatable bonds is 2. The maximum atomic E-state index is 4.27. The van der Waals surface area contributed by atoms with Gasteiger partial charge in [-0.3, -0.25) is 0 Å². The molecular weight excluding hydrogens is 204 g/mol. The smallest absolute Gasteiger partial charge is 0.131 e. The Balaban J connectivity index is 2.19. The lowest BCUT2D eigenvalue weighted by atomic mass is 10.3. The zero-order valence-corrected chi connectivity index (χ0v) is 7.71. The second-order valence-corrected chi connectivity index (χ2v) is 3.42. The van der Waals surface area contributed by atoms with Crippen molar-refractivity contribution in [2.75, 3.05) is 0 Å².